The second-order valence-corrected chi connectivity index (χ2v) is 23.1. The Morgan fingerprint density at radius 2 is 0.440 bits per heavy atom. The predicted octanol–water partition coefficient (Wildman–Crippen LogP) is 23.0. The van der Waals surface area contributed by atoms with Crippen LogP contribution < -0.4 is 0 Å². The van der Waals surface area contributed by atoms with E-state index in [1.807, 2.05) is 0 Å². The van der Waals surface area contributed by atoms with Gasteiger partial charge in [0.05, 0.1) is 0 Å². The van der Waals surface area contributed by atoms with Crippen molar-refractivity contribution < 1.29 is 28.6 Å². The Kier molecular flexibility index (Phi) is 62.6. The molecule has 0 N–H and O–H groups in total. The first-order chi connectivity index (χ1) is 37.0. The van der Waals surface area contributed by atoms with Crippen LogP contribution in [0.3, 0.4) is 0 Å². The third kappa shape index (κ3) is 62.6. The second kappa shape index (κ2) is 64.4. The lowest BCUT2D eigenvalue weighted by atomic mass is 10.0. The summed E-state index contributed by atoms with van der Waals surface area (Å²) >= 11 is 0. The van der Waals surface area contributed by atoms with Gasteiger partial charge in [-0.15, -0.1) is 0 Å². The molecule has 0 aliphatic carbocycles. The second-order valence-electron chi connectivity index (χ2n) is 23.1. The number of carbonyl (C=O) groups excluding carboxylic acids is 3. The first-order valence-electron chi connectivity index (χ1n) is 33.8. The number of hydrogen-bond donors (Lipinski definition) is 0. The third-order valence-electron chi connectivity index (χ3n) is 15.4. The Balaban J connectivity index is 4.21. The number of allylic oxidation sites excluding steroid dienone is 4. The lowest BCUT2D eigenvalue weighted by molar-refractivity contribution is -0.167. The summed E-state index contributed by atoms with van der Waals surface area (Å²) < 4.78 is 17.0. The van der Waals surface area contributed by atoms with Crippen LogP contribution in [-0.2, 0) is 28.6 Å². The number of carbonyl (C=O) groups is 3. The van der Waals surface area contributed by atoms with E-state index < -0.39 is 6.10 Å². The van der Waals surface area contributed by atoms with Gasteiger partial charge >= 0.3 is 17.9 Å². The van der Waals surface area contributed by atoms with Crippen LogP contribution >= 0.6 is 0 Å². The van der Waals surface area contributed by atoms with Crippen LogP contribution in [-0.4, -0.2) is 37.2 Å². The molecule has 0 radical (unpaired) electrons. The Hall–Kier alpha value is -2.11. The standard InChI is InChI=1S/C69H130O6/c1-4-7-10-13-16-19-22-24-26-28-30-32-34-36-38-40-42-44-47-50-53-56-59-62-68(71)74-65-66(64-73-67(70)61-58-55-52-49-46-21-18-15-12-9-6-3)75-69(72)63-60-57-54-51-48-45-43-41-39-37-35-33-31-29-27-25-23-20-17-14-11-8-5-2/h28-31,66H,4-27,32-65H2,1-3H3/b30-28-,31-29-. The molecule has 0 amide bonds. The van der Waals surface area contributed by atoms with Crippen LogP contribution in [0.1, 0.15) is 380 Å². The van der Waals surface area contributed by atoms with Gasteiger partial charge in [0.2, 0.25) is 0 Å². The highest BCUT2D eigenvalue weighted by molar-refractivity contribution is 5.71. The molecule has 0 aliphatic heterocycles. The van der Waals surface area contributed by atoms with Gasteiger partial charge in [-0.05, 0) is 70.6 Å². The Morgan fingerprint density at radius 1 is 0.253 bits per heavy atom. The highest BCUT2D eigenvalue weighted by atomic mass is 16.6. The van der Waals surface area contributed by atoms with E-state index in [2.05, 4.69) is 45.1 Å². The lowest BCUT2D eigenvalue weighted by Crippen LogP contribution is -2.30. The van der Waals surface area contributed by atoms with E-state index in [1.165, 1.54) is 283 Å². The average molecular weight is 1060 g/mol. The maximum absolute atomic E-state index is 12.9. The summed E-state index contributed by atoms with van der Waals surface area (Å²) in [4.78, 5) is 38.3. The summed E-state index contributed by atoms with van der Waals surface area (Å²) in [6.45, 7) is 6.70. The summed E-state index contributed by atoms with van der Waals surface area (Å²) in [5.74, 6) is -0.841. The van der Waals surface area contributed by atoms with E-state index in [-0.39, 0.29) is 31.1 Å². The first-order valence-corrected chi connectivity index (χ1v) is 33.8. The fraction of sp³-hybridized carbons (Fsp3) is 0.899. The van der Waals surface area contributed by atoms with Crippen molar-refractivity contribution in [1.82, 2.24) is 0 Å². The van der Waals surface area contributed by atoms with Crippen molar-refractivity contribution in [2.75, 3.05) is 13.2 Å². The summed E-state index contributed by atoms with van der Waals surface area (Å²) in [6.07, 6.45) is 77.7. The van der Waals surface area contributed by atoms with Crippen molar-refractivity contribution >= 4 is 17.9 Å². The molecule has 6 nitrogen and oxygen atoms in total. The molecular weight excluding hydrogens is 925 g/mol. The highest BCUT2D eigenvalue weighted by Crippen LogP contribution is 2.18. The monoisotopic (exact) mass is 1050 g/mol. The van der Waals surface area contributed by atoms with E-state index in [1.54, 1.807) is 0 Å². The molecule has 0 spiro atoms. The van der Waals surface area contributed by atoms with Crippen molar-refractivity contribution in [2.45, 2.75) is 386 Å². The zero-order valence-corrected chi connectivity index (χ0v) is 50.8. The third-order valence-corrected chi connectivity index (χ3v) is 15.4. The van der Waals surface area contributed by atoms with Crippen LogP contribution in [0.2, 0.25) is 0 Å². The quantitative estimate of drug-likeness (QED) is 0.0261. The minimum absolute atomic E-state index is 0.0664. The van der Waals surface area contributed by atoms with Crippen molar-refractivity contribution in [3.63, 3.8) is 0 Å². The summed E-state index contributed by atoms with van der Waals surface area (Å²) in [6, 6.07) is 0. The number of esters is 3. The van der Waals surface area contributed by atoms with E-state index in [9.17, 15) is 14.4 Å². The van der Waals surface area contributed by atoms with Gasteiger partial charge in [0.25, 0.3) is 0 Å². The molecular formula is C69H130O6. The molecule has 1 atom stereocenters. The minimum Gasteiger partial charge on any atom is -0.462 e. The lowest BCUT2D eigenvalue weighted by Gasteiger charge is -2.18. The van der Waals surface area contributed by atoms with Crippen molar-refractivity contribution in [2.24, 2.45) is 0 Å². The largest absolute Gasteiger partial charge is 0.462 e. The SMILES string of the molecule is CCCCCCCCCC/C=C\CCCCCCCCCCCCCC(=O)OCC(COC(=O)CCCCCCCCCCCCC)OC(=O)CCCCCCCCCCCCC/C=C\CCCCCCCCCC. The van der Waals surface area contributed by atoms with Crippen molar-refractivity contribution in [1.29, 1.82) is 0 Å². The van der Waals surface area contributed by atoms with E-state index in [0.717, 1.165) is 57.8 Å². The molecule has 0 aliphatic rings. The van der Waals surface area contributed by atoms with Gasteiger partial charge in [0.1, 0.15) is 13.2 Å². The molecule has 0 heterocycles. The molecule has 0 aromatic rings. The molecule has 0 rings (SSSR count). The average Bonchev–Trinajstić information content (AvgIpc) is 3.41. The van der Waals surface area contributed by atoms with Gasteiger partial charge in [-0.2, -0.15) is 0 Å². The smallest absolute Gasteiger partial charge is 0.306 e. The Labute approximate surface area is 468 Å². The topological polar surface area (TPSA) is 78.9 Å². The predicted molar refractivity (Wildman–Crippen MR) is 326 cm³/mol. The summed E-state index contributed by atoms with van der Waals surface area (Å²) in [5, 5.41) is 0. The molecule has 6 heteroatoms. The molecule has 0 aromatic carbocycles. The van der Waals surface area contributed by atoms with Crippen LogP contribution in [0.15, 0.2) is 24.3 Å². The van der Waals surface area contributed by atoms with Crippen molar-refractivity contribution in [3.05, 3.63) is 24.3 Å². The van der Waals surface area contributed by atoms with Crippen molar-refractivity contribution in [3.8, 4) is 0 Å². The van der Waals surface area contributed by atoms with Gasteiger partial charge in [-0.25, -0.2) is 0 Å². The molecule has 0 saturated heterocycles. The van der Waals surface area contributed by atoms with Gasteiger partial charge in [0, 0.05) is 19.3 Å². The molecule has 0 fully saturated rings. The molecule has 75 heavy (non-hydrogen) atoms. The van der Waals surface area contributed by atoms with Gasteiger partial charge in [-0.3, -0.25) is 14.4 Å². The summed E-state index contributed by atoms with van der Waals surface area (Å²) in [7, 11) is 0. The molecule has 0 saturated carbocycles. The summed E-state index contributed by atoms with van der Waals surface area (Å²) in [5.41, 5.74) is 0. The highest BCUT2D eigenvalue weighted by Gasteiger charge is 2.19. The van der Waals surface area contributed by atoms with Gasteiger partial charge in [0.15, 0.2) is 6.10 Å². The number of unbranched alkanes of at least 4 members (excludes halogenated alkanes) is 48. The normalized spacial score (nSPS) is 12.1. The zero-order valence-electron chi connectivity index (χ0n) is 50.8. The van der Waals surface area contributed by atoms with Crippen LogP contribution in [0.25, 0.3) is 0 Å². The van der Waals surface area contributed by atoms with E-state index in [0.29, 0.717) is 19.3 Å². The molecule has 0 bridgehead atoms. The van der Waals surface area contributed by atoms with Crippen LogP contribution in [0.4, 0.5) is 0 Å². The maximum Gasteiger partial charge on any atom is 0.306 e. The Bertz CT molecular complexity index is 1210. The van der Waals surface area contributed by atoms with Gasteiger partial charge < -0.3 is 14.2 Å². The molecule has 0 aromatic heterocycles. The molecule has 442 valence electrons. The Morgan fingerprint density at radius 3 is 0.667 bits per heavy atom. The molecule has 1 unspecified atom stereocenters. The number of hydrogen-bond acceptors (Lipinski definition) is 6. The minimum atomic E-state index is -0.769. The van der Waals surface area contributed by atoms with Gasteiger partial charge in [-0.1, -0.05) is 315 Å². The van der Waals surface area contributed by atoms with E-state index >= 15 is 0 Å². The fourth-order valence-electron chi connectivity index (χ4n) is 10.3. The first kappa shape index (κ1) is 72.9. The zero-order chi connectivity index (χ0) is 54.3. The number of rotatable bonds is 63. The van der Waals surface area contributed by atoms with E-state index in [4.69, 9.17) is 14.2 Å². The number of ether oxygens (including phenoxy) is 3. The van der Waals surface area contributed by atoms with Crippen LogP contribution in [0, 0.1) is 0 Å². The maximum atomic E-state index is 12.9. The fourth-order valence-corrected chi connectivity index (χ4v) is 10.3. The van der Waals surface area contributed by atoms with Crippen LogP contribution in [0.5, 0.6) is 0 Å².